The molecule has 1 aromatic rings. The molecule has 0 spiro atoms. The molecule has 0 saturated carbocycles. The first-order valence-corrected chi connectivity index (χ1v) is 7.76. The fourth-order valence-corrected chi connectivity index (χ4v) is 3.76. The van der Waals surface area contributed by atoms with Crippen molar-refractivity contribution in [2.75, 3.05) is 17.2 Å². The van der Waals surface area contributed by atoms with Crippen LogP contribution < -0.4 is 11.1 Å². The van der Waals surface area contributed by atoms with E-state index in [2.05, 4.69) is 5.32 Å². The summed E-state index contributed by atoms with van der Waals surface area (Å²) in [7, 11) is -3.10. The molecule has 2 rings (SSSR count). The van der Waals surface area contributed by atoms with Gasteiger partial charge in [0.15, 0.2) is 9.84 Å². The van der Waals surface area contributed by atoms with Gasteiger partial charge in [-0.2, -0.15) is 0 Å². The number of nitrogens with two attached hydrogens (primary N) is 1. The number of rotatable bonds is 2. The van der Waals surface area contributed by atoms with Crippen molar-refractivity contribution in [1.29, 1.82) is 0 Å². The van der Waals surface area contributed by atoms with E-state index in [1.54, 1.807) is 0 Å². The van der Waals surface area contributed by atoms with Crippen LogP contribution in [0.25, 0.3) is 0 Å². The summed E-state index contributed by atoms with van der Waals surface area (Å²) >= 11 is 0. The molecular weight excluding hydrogens is 271 g/mol. The lowest BCUT2D eigenvalue weighted by atomic mass is 10.1. The molecule has 1 amide bonds. The first kappa shape index (κ1) is 13.8. The molecule has 1 saturated heterocycles. The zero-order valence-electron chi connectivity index (χ0n) is 10.2. The second-order valence-electron chi connectivity index (χ2n) is 4.66. The van der Waals surface area contributed by atoms with E-state index in [1.165, 1.54) is 6.07 Å². The maximum absolute atomic E-state index is 13.1. The minimum atomic E-state index is -3.10. The van der Waals surface area contributed by atoms with E-state index in [4.69, 9.17) is 5.73 Å². The molecule has 19 heavy (non-hydrogen) atoms. The molecular formula is C12H15FN2O3S. The molecule has 104 valence electrons. The summed E-state index contributed by atoms with van der Waals surface area (Å²) in [5.74, 6) is -1.02. The Hall–Kier alpha value is -1.63. The SMILES string of the molecule is Nc1ccc(F)cc1C(=O)NC1CCCS(=O)(=O)C1. The van der Waals surface area contributed by atoms with E-state index in [0.29, 0.717) is 12.8 Å². The van der Waals surface area contributed by atoms with Crippen LogP contribution in [0.1, 0.15) is 23.2 Å². The first-order chi connectivity index (χ1) is 8.87. The number of halogens is 1. The molecule has 0 aliphatic carbocycles. The van der Waals surface area contributed by atoms with Crippen molar-refractivity contribution in [3.8, 4) is 0 Å². The van der Waals surface area contributed by atoms with Crippen molar-refractivity contribution in [3.63, 3.8) is 0 Å². The van der Waals surface area contributed by atoms with Crippen LogP contribution in [0, 0.1) is 5.82 Å². The Morgan fingerprint density at radius 1 is 1.42 bits per heavy atom. The van der Waals surface area contributed by atoms with E-state index < -0.39 is 27.6 Å². The predicted octanol–water partition coefficient (Wildman–Crippen LogP) is 0.715. The molecule has 7 heteroatoms. The molecule has 1 heterocycles. The lowest BCUT2D eigenvalue weighted by molar-refractivity contribution is 0.0939. The lowest BCUT2D eigenvalue weighted by Gasteiger charge is -2.23. The molecule has 5 nitrogen and oxygen atoms in total. The third-order valence-corrected chi connectivity index (χ3v) is 4.88. The summed E-state index contributed by atoms with van der Waals surface area (Å²) in [6, 6.07) is 3.08. The van der Waals surface area contributed by atoms with Gasteiger partial charge in [-0.1, -0.05) is 0 Å². The van der Waals surface area contributed by atoms with Crippen LogP contribution in [0.15, 0.2) is 18.2 Å². The normalized spacial score (nSPS) is 21.8. The van der Waals surface area contributed by atoms with Gasteiger partial charge in [0.2, 0.25) is 0 Å². The van der Waals surface area contributed by atoms with Gasteiger partial charge in [-0.05, 0) is 31.0 Å². The number of amides is 1. The lowest BCUT2D eigenvalue weighted by Crippen LogP contribution is -2.43. The van der Waals surface area contributed by atoms with Crippen molar-refractivity contribution in [3.05, 3.63) is 29.6 Å². The molecule has 0 bridgehead atoms. The molecule has 3 N–H and O–H groups in total. The van der Waals surface area contributed by atoms with Crippen molar-refractivity contribution >= 4 is 21.4 Å². The van der Waals surface area contributed by atoms with Gasteiger partial charge in [0.1, 0.15) is 5.82 Å². The molecule has 1 fully saturated rings. The molecule has 1 aliphatic rings. The van der Waals surface area contributed by atoms with Crippen molar-refractivity contribution < 1.29 is 17.6 Å². The zero-order valence-corrected chi connectivity index (χ0v) is 11.0. The Labute approximate surface area is 110 Å². The maximum Gasteiger partial charge on any atom is 0.253 e. The highest BCUT2D eigenvalue weighted by molar-refractivity contribution is 7.91. The monoisotopic (exact) mass is 286 g/mol. The molecule has 1 aromatic carbocycles. The number of carbonyl (C=O) groups is 1. The van der Waals surface area contributed by atoms with Crippen molar-refractivity contribution in [1.82, 2.24) is 5.32 Å². The highest BCUT2D eigenvalue weighted by atomic mass is 32.2. The number of sulfone groups is 1. The standard InChI is InChI=1S/C12H15FN2O3S/c13-8-3-4-11(14)10(6-8)12(16)15-9-2-1-5-19(17,18)7-9/h3-4,6,9H,1-2,5,7,14H2,(H,15,16). The van der Waals surface area contributed by atoms with E-state index in [-0.39, 0.29) is 22.8 Å². The van der Waals surface area contributed by atoms with E-state index in [1.807, 2.05) is 0 Å². The second-order valence-corrected chi connectivity index (χ2v) is 6.89. The van der Waals surface area contributed by atoms with Gasteiger partial charge in [0, 0.05) is 11.7 Å². The van der Waals surface area contributed by atoms with Crippen LogP contribution in [0.5, 0.6) is 0 Å². The minimum Gasteiger partial charge on any atom is -0.398 e. The fourth-order valence-electron chi connectivity index (χ4n) is 2.12. The number of anilines is 1. The Balaban J connectivity index is 2.11. The summed E-state index contributed by atoms with van der Waals surface area (Å²) in [4.78, 5) is 11.9. The summed E-state index contributed by atoms with van der Waals surface area (Å²) in [5.41, 5.74) is 5.80. The summed E-state index contributed by atoms with van der Waals surface area (Å²) in [6.45, 7) is 0. The van der Waals surface area contributed by atoms with Gasteiger partial charge in [-0.25, -0.2) is 12.8 Å². The highest BCUT2D eigenvalue weighted by Crippen LogP contribution is 2.16. The van der Waals surface area contributed by atoms with Crippen molar-refractivity contribution in [2.24, 2.45) is 0 Å². The number of hydrogen-bond acceptors (Lipinski definition) is 4. The Kier molecular flexibility index (Phi) is 3.75. The quantitative estimate of drug-likeness (QED) is 0.784. The predicted molar refractivity (Wildman–Crippen MR) is 70.0 cm³/mol. The Morgan fingerprint density at radius 3 is 2.84 bits per heavy atom. The van der Waals surface area contributed by atoms with Gasteiger partial charge in [0.25, 0.3) is 5.91 Å². The van der Waals surface area contributed by atoms with Crippen LogP contribution in [0.4, 0.5) is 10.1 Å². The average Bonchev–Trinajstić information content (AvgIpc) is 2.31. The van der Waals surface area contributed by atoms with Gasteiger partial charge in [-0.3, -0.25) is 4.79 Å². The largest absolute Gasteiger partial charge is 0.398 e. The third kappa shape index (κ3) is 3.44. The number of hydrogen-bond donors (Lipinski definition) is 2. The Bertz CT molecular complexity index is 601. The number of nitrogens with one attached hydrogen (secondary N) is 1. The number of benzene rings is 1. The Morgan fingerprint density at radius 2 is 2.16 bits per heavy atom. The average molecular weight is 286 g/mol. The molecule has 0 radical (unpaired) electrons. The van der Waals surface area contributed by atoms with E-state index in [9.17, 15) is 17.6 Å². The van der Waals surface area contributed by atoms with Crippen LogP contribution in [-0.2, 0) is 9.84 Å². The minimum absolute atomic E-state index is 0.0305. The summed E-state index contributed by atoms with van der Waals surface area (Å²) < 4.78 is 36.0. The third-order valence-electron chi connectivity index (χ3n) is 3.06. The van der Waals surface area contributed by atoms with Crippen LogP contribution in [-0.4, -0.2) is 31.9 Å². The van der Waals surface area contributed by atoms with Gasteiger partial charge in [0.05, 0.1) is 17.1 Å². The molecule has 0 aromatic heterocycles. The molecule has 1 aliphatic heterocycles. The van der Waals surface area contributed by atoms with Crippen LogP contribution in [0.3, 0.4) is 0 Å². The van der Waals surface area contributed by atoms with Crippen LogP contribution >= 0.6 is 0 Å². The summed E-state index contributed by atoms with van der Waals surface area (Å²) in [6.07, 6.45) is 1.12. The molecule has 1 unspecified atom stereocenters. The molecule has 1 atom stereocenters. The number of carbonyl (C=O) groups excluding carboxylic acids is 1. The first-order valence-electron chi connectivity index (χ1n) is 5.94. The number of nitrogen functional groups attached to an aromatic ring is 1. The van der Waals surface area contributed by atoms with E-state index in [0.717, 1.165) is 12.1 Å². The van der Waals surface area contributed by atoms with Gasteiger partial charge in [-0.15, -0.1) is 0 Å². The highest BCUT2D eigenvalue weighted by Gasteiger charge is 2.26. The summed E-state index contributed by atoms with van der Waals surface area (Å²) in [5, 5.41) is 2.59. The maximum atomic E-state index is 13.1. The van der Waals surface area contributed by atoms with Gasteiger partial charge >= 0.3 is 0 Å². The topological polar surface area (TPSA) is 89.3 Å². The van der Waals surface area contributed by atoms with Crippen molar-refractivity contribution in [2.45, 2.75) is 18.9 Å². The van der Waals surface area contributed by atoms with Crippen LogP contribution in [0.2, 0.25) is 0 Å². The second kappa shape index (κ2) is 5.16. The smallest absolute Gasteiger partial charge is 0.253 e. The van der Waals surface area contributed by atoms with Gasteiger partial charge < -0.3 is 11.1 Å². The fraction of sp³-hybridized carbons (Fsp3) is 0.417. The van der Waals surface area contributed by atoms with E-state index >= 15 is 0 Å². The zero-order chi connectivity index (χ0) is 14.0.